The molecular weight excluding hydrogens is 286 g/mol. The molecule has 0 aliphatic rings. The molecule has 102 valence electrons. The van der Waals surface area contributed by atoms with Gasteiger partial charge in [0.05, 0.1) is 10.2 Å². The Morgan fingerprint density at radius 2 is 2.15 bits per heavy atom. The second-order valence-corrected chi connectivity index (χ2v) is 6.93. The summed E-state index contributed by atoms with van der Waals surface area (Å²) >= 11 is 3.40. The van der Waals surface area contributed by atoms with Gasteiger partial charge in [0.15, 0.2) is 0 Å². The molecule has 0 amide bonds. The molecule has 0 spiro atoms. The number of rotatable bonds is 3. The van der Waals surface area contributed by atoms with E-state index in [4.69, 9.17) is 0 Å². The maximum atomic E-state index is 4.63. The van der Waals surface area contributed by atoms with Crippen molar-refractivity contribution < 1.29 is 0 Å². The van der Waals surface area contributed by atoms with E-state index in [1.54, 1.807) is 29.4 Å². The Bertz CT molecular complexity index is 821. The second kappa shape index (κ2) is 5.14. The third-order valence-corrected chi connectivity index (χ3v) is 5.40. The van der Waals surface area contributed by atoms with Crippen LogP contribution in [-0.2, 0) is 0 Å². The van der Waals surface area contributed by atoms with Gasteiger partial charge in [0.2, 0.25) is 0 Å². The molecule has 0 unspecified atom stereocenters. The number of hydrogen-bond donors (Lipinski definition) is 0. The number of pyridine rings is 1. The van der Waals surface area contributed by atoms with Crippen molar-refractivity contribution in [2.24, 2.45) is 0 Å². The Morgan fingerprint density at radius 3 is 2.90 bits per heavy atom. The summed E-state index contributed by atoms with van der Waals surface area (Å²) in [5.41, 5.74) is 4.45. The third-order valence-electron chi connectivity index (χ3n) is 2.97. The van der Waals surface area contributed by atoms with E-state index < -0.39 is 0 Å². The van der Waals surface area contributed by atoms with Crippen LogP contribution in [0.3, 0.4) is 0 Å². The van der Waals surface area contributed by atoms with E-state index >= 15 is 0 Å². The van der Waals surface area contributed by atoms with Crippen LogP contribution in [0.1, 0.15) is 18.2 Å². The molecule has 0 saturated carbocycles. The standard InChI is InChI=1S/C15H15N3S2/c1-8(2)6-19-15-13-12(16-7-17-15)11-9(3)5-10(4)18-14(11)20-13/h5,7H,1,6H2,2-4H3. The topological polar surface area (TPSA) is 38.7 Å². The first kappa shape index (κ1) is 13.5. The smallest absolute Gasteiger partial charge is 0.126 e. The van der Waals surface area contributed by atoms with Crippen LogP contribution < -0.4 is 0 Å². The van der Waals surface area contributed by atoms with Crippen LogP contribution >= 0.6 is 23.1 Å². The molecule has 0 aromatic carbocycles. The quantitative estimate of drug-likeness (QED) is 0.405. The molecule has 3 heterocycles. The van der Waals surface area contributed by atoms with Gasteiger partial charge in [-0.15, -0.1) is 23.1 Å². The maximum Gasteiger partial charge on any atom is 0.126 e. The molecule has 0 radical (unpaired) electrons. The van der Waals surface area contributed by atoms with Gasteiger partial charge in [-0.05, 0) is 32.4 Å². The molecule has 5 heteroatoms. The van der Waals surface area contributed by atoms with Gasteiger partial charge in [-0.3, -0.25) is 0 Å². The summed E-state index contributed by atoms with van der Waals surface area (Å²) in [5.74, 6) is 0.881. The van der Waals surface area contributed by atoms with Crippen molar-refractivity contribution in [1.82, 2.24) is 15.0 Å². The van der Waals surface area contributed by atoms with Gasteiger partial charge in [-0.25, -0.2) is 15.0 Å². The van der Waals surface area contributed by atoms with E-state index in [2.05, 4.69) is 34.5 Å². The zero-order valence-electron chi connectivity index (χ0n) is 11.7. The van der Waals surface area contributed by atoms with Crippen LogP contribution in [0.5, 0.6) is 0 Å². The summed E-state index contributed by atoms with van der Waals surface area (Å²) in [6.45, 7) is 10.1. The van der Waals surface area contributed by atoms with E-state index in [1.807, 2.05) is 13.8 Å². The molecule has 0 fully saturated rings. The van der Waals surface area contributed by atoms with E-state index in [0.717, 1.165) is 42.5 Å². The van der Waals surface area contributed by atoms with Crippen molar-refractivity contribution in [2.45, 2.75) is 25.8 Å². The summed E-state index contributed by atoms with van der Waals surface area (Å²) < 4.78 is 1.13. The Kier molecular flexibility index (Phi) is 3.48. The lowest BCUT2D eigenvalue weighted by Crippen LogP contribution is -1.87. The molecule has 20 heavy (non-hydrogen) atoms. The van der Waals surface area contributed by atoms with Crippen molar-refractivity contribution in [3.8, 4) is 0 Å². The van der Waals surface area contributed by atoms with Crippen LogP contribution in [0.25, 0.3) is 20.4 Å². The first-order valence-electron chi connectivity index (χ1n) is 6.35. The van der Waals surface area contributed by atoms with E-state index in [-0.39, 0.29) is 0 Å². The number of fused-ring (bicyclic) bond motifs is 3. The monoisotopic (exact) mass is 301 g/mol. The zero-order chi connectivity index (χ0) is 14.3. The van der Waals surface area contributed by atoms with Gasteiger partial charge in [0.1, 0.15) is 16.2 Å². The SMILES string of the molecule is C=C(C)CSc1ncnc2c1sc1nc(C)cc(C)c12. The normalized spacial score (nSPS) is 11.3. The van der Waals surface area contributed by atoms with Crippen LogP contribution in [0, 0.1) is 13.8 Å². The van der Waals surface area contributed by atoms with Gasteiger partial charge in [-0.2, -0.15) is 0 Å². The number of aromatic nitrogens is 3. The fourth-order valence-corrected chi connectivity index (χ4v) is 4.35. The number of hydrogen-bond acceptors (Lipinski definition) is 5. The lowest BCUT2D eigenvalue weighted by molar-refractivity contribution is 1.11. The maximum absolute atomic E-state index is 4.63. The van der Waals surface area contributed by atoms with Crippen molar-refractivity contribution in [3.05, 3.63) is 35.8 Å². The van der Waals surface area contributed by atoms with Crippen molar-refractivity contribution >= 4 is 43.5 Å². The molecule has 0 N–H and O–H groups in total. The van der Waals surface area contributed by atoms with Crippen molar-refractivity contribution in [1.29, 1.82) is 0 Å². The van der Waals surface area contributed by atoms with E-state index in [1.165, 1.54) is 5.56 Å². The summed E-state index contributed by atoms with van der Waals surface area (Å²) in [6.07, 6.45) is 1.65. The molecule has 0 aliphatic carbocycles. The van der Waals surface area contributed by atoms with Gasteiger partial charge < -0.3 is 0 Å². The summed E-state index contributed by atoms with van der Waals surface area (Å²) in [7, 11) is 0. The first-order valence-corrected chi connectivity index (χ1v) is 8.15. The zero-order valence-corrected chi connectivity index (χ0v) is 13.4. The molecular formula is C15H15N3S2. The highest BCUT2D eigenvalue weighted by Gasteiger charge is 2.14. The molecule has 3 aromatic rings. The summed E-state index contributed by atoms with van der Waals surface area (Å²) in [4.78, 5) is 14.6. The highest BCUT2D eigenvalue weighted by atomic mass is 32.2. The van der Waals surface area contributed by atoms with Gasteiger partial charge in [-0.1, -0.05) is 12.2 Å². The van der Waals surface area contributed by atoms with E-state index in [0.29, 0.717) is 0 Å². The highest BCUT2D eigenvalue weighted by molar-refractivity contribution is 7.99. The number of thioether (sulfide) groups is 1. The van der Waals surface area contributed by atoms with Crippen molar-refractivity contribution in [2.75, 3.05) is 5.75 Å². The number of nitrogens with zero attached hydrogens (tertiary/aromatic N) is 3. The van der Waals surface area contributed by atoms with E-state index in [9.17, 15) is 0 Å². The Hall–Kier alpha value is -1.46. The fraction of sp³-hybridized carbons (Fsp3) is 0.267. The molecule has 0 atom stereocenters. The third kappa shape index (κ3) is 2.31. The minimum absolute atomic E-state index is 0.881. The summed E-state index contributed by atoms with van der Waals surface area (Å²) in [5, 5.41) is 2.19. The molecule has 0 bridgehead atoms. The molecule has 3 rings (SSSR count). The van der Waals surface area contributed by atoms with Crippen LogP contribution in [0.2, 0.25) is 0 Å². The highest BCUT2D eigenvalue weighted by Crippen LogP contribution is 2.38. The Balaban J connectivity index is 2.25. The van der Waals surface area contributed by atoms with Crippen molar-refractivity contribution in [3.63, 3.8) is 0 Å². The second-order valence-electron chi connectivity index (χ2n) is 4.97. The molecule has 3 aromatic heterocycles. The fourth-order valence-electron chi connectivity index (χ4n) is 2.18. The largest absolute Gasteiger partial charge is 0.242 e. The Morgan fingerprint density at radius 1 is 1.35 bits per heavy atom. The number of aryl methyl sites for hydroxylation is 2. The lowest BCUT2D eigenvalue weighted by Gasteiger charge is -2.01. The lowest BCUT2D eigenvalue weighted by atomic mass is 10.1. The van der Waals surface area contributed by atoms with Gasteiger partial charge in [0, 0.05) is 16.8 Å². The molecule has 3 nitrogen and oxygen atoms in total. The Labute approximate surface area is 126 Å². The predicted octanol–water partition coefficient (Wildman–Crippen LogP) is 4.52. The summed E-state index contributed by atoms with van der Waals surface area (Å²) in [6, 6.07) is 2.11. The number of thiophene rings is 1. The molecule has 0 aliphatic heterocycles. The average Bonchev–Trinajstić information content (AvgIpc) is 2.74. The minimum Gasteiger partial charge on any atom is -0.242 e. The average molecular weight is 301 g/mol. The molecule has 0 saturated heterocycles. The van der Waals surface area contributed by atoms with Gasteiger partial charge in [0.25, 0.3) is 0 Å². The predicted molar refractivity (Wildman–Crippen MR) is 87.7 cm³/mol. The minimum atomic E-state index is 0.881. The van der Waals surface area contributed by atoms with Gasteiger partial charge >= 0.3 is 0 Å². The first-order chi connectivity index (χ1) is 9.56. The van der Waals surface area contributed by atoms with Crippen LogP contribution in [0.4, 0.5) is 0 Å². The van der Waals surface area contributed by atoms with Crippen LogP contribution in [-0.4, -0.2) is 20.7 Å². The van der Waals surface area contributed by atoms with Crippen LogP contribution in [0.15, 0.2) is 29.6 Å².